The molecule has 3 aromatic carbocycles. The molecule has 1 aliphatic heterocycles. The van der Waals surface area contributed by atoms with Crippen LogP contribution in [0.5, 0.6) is 0 Å². The Morgan fingerprint density at radius 1 is 0.973 bits per heavy atom. The van der Waals surface area contributed by atoms with Crippen LogP contribution in [0.4, 0.5) is 10.1 Å². The van der Waals surface area contributed by atoms with E-state index in [1.165, 1.54) is 12.1 Å². The van der Waals surface area contributed by atoms with E-state index < -0.39 is 32.8 Å². The summed E-state index contributed by atoms with van der Waals surface area (Å²) in [6, 6.07) is 20.1. The average Bonchev–Trinajstić information content (AvgIpc) is 3.64. The molecule has 2 atom stereocenters. The Balaban J connectivity index is 1.45. The number of nitrogens with one attached hydrogen (secondary N) is 1. The highest BCUT2D eigenvalue weighted by Crippen LogP contribution is 2.47. The molecule has 1 saturated carbocycles. The van der Waals surface area contributed by atoms with Crippen LogP contribution in [0, 0.1) is 11.2 Å². The van der Waals surface area contributed by atoms with E-state index >= 15 is 0 Å². The number of nitrogens with zero attached hydrogens (tertiary/aromatic N) is 3. The normalized spacial score (nSPS) is 21.6. The number of hydrogen-bond acceptors (Lipinski definition) is 4. The lowest BCUT2D eigenvalue weighted by molar-refractivity contribution is -0.124. The van der Waals surface area contributed by atoms with Crippen LogP contribution in [0.2, 0.25) is 0 Å². The van der Waals surface area contributed by atoms with Gasteiger partial charge in [-0.05, 0) is 74.7 Å². The van der Waals surface area contributed by atoms with Gasteiger partial charge in [0, 0.05) is 11.1 Å². The number of hydrogen-bond donors (Lipinski definition) is 1. The molecule has 7 nitrogen and oxygen atoms in total. The molecule has 0 spiro atoms. The summed E-state index contributed by atoms with van der Waals surface area (Å²) in [4.78, 5) is 15.6. The maximum atomic E-state index is 13.9. The number of benzene rings is 3. The van der Waals surface area contributed by atoms with E-state index in [4.69, 9.17) is 0 Å². The van der Waals surface area contributed by atoms with Gasteiger partial charge in [0.15, 0.2) is 0 Å². The molecule has 0 unspecified atom stereocenters. The van der Waals surface area contributed by atoms with E-state index in [-0.39, 0.29) is 11.7 Å². The zero-order valence-electron chi connectivity index (χ0n) is 20.5. The molecule has 1 N–H and O–H groups in total. The Bertz CT molecular complexity index is 1600. The predicted molar refractivity (Wildman–Crippen MR) is 140 cm³/mol. The third kappa shape index (κ3) is 4.02. The summed E-state index contributed by atoms with van der Waals surface area (Å²) in [5.74, 6) is -0.480. The summed E-state index contributed by atoms with van der Waals surface area (Å²) in [6.45, 7) is 3.60. The molecule has 1 aromatic heterocycles. The van der Waals surface area contributed by atoms with Crippen molar-refractivity contribution in [2.24, 2.45) is 5.41 Å². The third-order valence-electron chi connectivity index (χ3n) is 7.44. The lowest BCUT2D eigenvalue weighted by Gasteiger charge is -2.30. The van der Waals surface area contributed by atoms with Crippen LogP contribution in [0.15, 0.2) is 79.0 Å². The molecular formula is C28H27FN4O3S. The van der Waals surface area contributed by atoms with E-state index in [1.807, 2.05) is 48.5 Å². The molecule has 9 heteroatoms. The van der Waals surface area contributed by atoms with Gasteiger partial charge in [-0.2, -0.15) is 5.10 Å². The first-order chi connectivity index (χ1) is 17.7. The van der Waals surface area contributed by atoms with Crippen molar-refractivity contribution in [2.45, 2.75) is 44.0 Å². The number of amides is 1. The molecule has 1 aliphatic carbocycles. The van der Waals surface area contributed by atoms with Crippen molar-refractivity contribution >= 4 is 32.5 Å². The van der Waals surface area contributed by atoms with Crippen molar-refractivity contribution in [1.29, 1.82) is 0 Å². The molecule has 2 fully saturated rings. The van der Waals surface area contributed by atoms with Gasteiger partial charge in [0.1, 0.15) is 5.82 Å². The highest BCUT2D eigenvalue weighted by atomic mass is 32.2. The lowest BCUT2D eigenvalue weighted by Crippen LogP contribution is -2.47. The summed E-state index contributed by atoms with van der Waals surface area (Å²) < 4.78 is 44.1. The number of carbonyl (C=O) groups is 1. The summed E-state index contributed by atoms with van der Waals surface area (Å²) in [5, 5.41) is 4.89. The van der Waals surface area contributed by atoms with Crippen LogP contribution >= 0.6 is 0 Å². The fraction of sp³-hybridized carbons (Fsp3) is 0.286. The maximum absolute atomic E-state index is 13.9. The second-order valence-corrected chi connectivity index (χ2v) is 12.4. The van der Waals surface area contributed by atoms with Crippen LogP contribution in [-0.4, -0.2) is 35.4 Å². The first-order valence-electron chi connectivity index (χ1n) is 12.3. The minimum atomic E-state index is -3.55. The highest BCUT2D eigenvalue weighted by Gasteiger charge is 2.56. The van der Waals surface area contributed by atoms with E-state index in [9.17, 15) is 17.6 Å². The van der Waals surface area contributed by atoms with Crippen LogP contribution in [0.25, 0.3) is 16.6 Å². The standard InChI is InChI=1S/C28H27FN4O3S/c1-28(2)26(31-37(35,36)23-13-14-23)25(18-6-4-3-5-7-18)32(27(28)34)22-12-15-24-19(16-22)17-30-33(24)21-10-8-20(29)9-11-21/h3-12,15-17,23,25-26,31H,13-14H2,1-2H3/t25-,26-/m1/s1. The zero-order valence-corrected chi connectivity index (χ0v) is 21.3. The van der Waals surface area contributed by atoms with Crippen LogP contribution in [0.3, 0.4) is 0 Å². The highest BCUT2D eigenvalue weighted by molar-refractivity contribution is 7.90. The Morgan fingerprint density at radius 3 is 2.32 bits per heavy atom. The minimum Gasteiger partial charge on any atom is -0.303 e. The van der Waals surface area contributed by atoms with Gasteiger partial charge in [-0.3, -0.25) is 4.79 Å². The topological polar surface area (TPSA) is 84.3 Å². The van der Waals surface area contributed by atoms with Crippen molar-refractivity contribution in [3.8, 4) is 5.69 Å². The predicted octanol–water partition coefficient (Wildman–Crippen LogP) is 4.73. The van der Waals surface area contributed by atoms with Gasteiger partial charge >= 0.3 is 0 Å². The number of carbonyl (C=O) groups excluding carboxylic acids is 1. The maximum Gasteiger partial charge on any atom is 0.234 e. The zero-order chi connectivity index (χ0) is 25.9. The number of rotatable bonds is 6. The summed E-state index contributed by atoms with van der Waals surface area (Å²) in [5.41, 5.74) is 2.07. The Morgan fingerprint density at radius 2 is 1.65 bits per heavy atom. The number of fused-ring (bicyclic) bond motifs is 1. The molecule has 190 valence electrons. The Hall–Kier alpha value is -3.56. The smallest absolute Gasteiger partial charge is 0.234 e. The molecular weight excluding hydrogens is 491 g/mol. The number of aromatic nitrogens is 2. The lowest BCUT2D eigenvalue weighted by atomic mass is 9.83. The minimum absolute atomic E-state index is 0.157. The van der Waals surface area contributed by atoms with E-state index in [2.05, 4.69) is 9.82 Å². The fourth-order valence-corrected chi connectivity index (χ4v) is 6.93. The molecule has 0 bridgehead atoms. The first kappa shape index (κ1) is 23.8. The van der Waals surface area contributed by atoms with Crippen molar-refractivity contribution in [1.82, 2.24) is 14.5 Å². The van der Waals surface area contributed by atoms with Crippen molar-refractivity contribution < 1.29 is 17.6 Å². The van der Waals surface area contributed by atoms with Crippen LogP contribution in [-0.2, 0) is 14.8 Å². The SMILES string of the molecule is CC1(C)C(=O)N(c2ccc3c(cnn3-c3ccc(F)cc3)c2)[C@H](c2ccccc2)[C@H]1NS(=O)(=O)C1CC1. The number of anilines is 1. The monoisotopic (exact) mass is 518 g/mol. The number of halogens is 1. The van der Waals surface area contributed by atoms with Crippen molar-refractivity contribution in [3.63, 3.8) is 0 Å². The largest absolute Gasteiger partial charge is 0.303 e. The number of sulfonamides is 1. The van der Waals surface area contributed by atoms with Gasteiger partial charge in [0.25, 0.3) is 0 Å². The molecule has 4 aromatic rings. The van der Waals surface area contributed by atoms with Gasteiger partial charge in [-0.1, -0.05) is 30.3 Å². The second kappa shape index (κ2) is 8.49. The second-order valence-electron chi connectivity index (χ2n) is 10.4. The first-order valence-corrected chi connectivity index (χ1v) is 13.8. The quantitative estimate of drug-likeness (QED) is 0.400. The summed E-state index contributed by atoms with van der Waals surface area (Å²) >= 11 is 0. The Kier molecular flexibility index (Phi) is 5.47. The van der Waals surface area contributed by atoms with Gasteiger partial charge < -0.3 is 4.90 Å². The molecule has 0 radical (unpaired) electrons. The molecule has 37 heavy (non-hydrogen) atoms. The molecule has 2 aliphatic rings. The molecule has 1 saturated heterocycles. The van der Waals surface area contributed by atoms with Gasteiger partial charge in [-0.15, -0.1) is 0 Å². The van der Waals surface area contributed by atoms with E-state index in [0.717, 1.165) is 22.2 Å². The average molecular weight is 519 g/mol. The summed E-state index contributed by atoms with van der Waals surface area (Å²) in [6.07, 6.45) is 2.99. The van der Waals surface area contributed by atoms with Crippen LogP contribution < -0.4 is 9.62 Å². The fourth-order valence-electron chi connectivity index (χ4n) is 5.20. The van der Waals surface area contributed by atoms with Crippen molar-refractivity contribution in [3.05, 3.63) is 90.4 Å². The summed E-state index contributed by atoms with van der Waals surface area (Å²) in [7, 11) is -3.55. The van der Waals surface area contributed by atoms with E-state index in [0.29, 0.717) is 18.5 Å². The van der Waals surface area contributed by atoms with Crippen LogP contribution in [0.1, 0.15) is 38.3 Å². The molecule has 6 rings (SSSR count). The Labute approximate surface area is 215 Å². The van der Waals surface area contributed by atoms with Gasteiger partial charge in [0.05, 0.1) is 40.1 Å². The van der Waals surface area contributed by atoms with Gasteiger partial charge in [0.2, 0.25) is 15.9 Å². The van der Waals surface area contributed by atoms with Crippen molar-refractivity contribution in [2.75, 3.05) is 4.90 Å². The van der Waals surface area contributed by atoms with Gasteiger partial charge in [-0.25, -0.2) is 22.2 Å². The van der Waals surface area contributed by atoms with E-state index in [1.54, 1.807) is 41.8 Å². The molecule has 1 amide bonds. The molecule has 2 heterocycles. The third-order valence-corrected chi connectivity index (χ3v) is 9.37.